The number of aliphatic hydroxyl groups is 1. The van der Waals surface area contributed by atoms with E-state index >= 15 is 0 Å². The number of amides is 1. The number of ether oxygens (including phenoxy) is 2. The van der Waals surface area contributed by atoms with Gasteiger partial charge in [0, 0.05) is 4.90 Å². The van der Waals surface area contributed by atoms with Crippen molar-refractivity contribution >= 4 is 23.6 Å². The molecule has 0 fully saturated rings. The average molecular weight is 313 g/mol. The highest BCUT2D eigenvalue weighted by Crippen LogP contribution is 2.21. The lowest BCUT2D eigenvalue weighted by molar-refractivity contribution is -0.145. The van der Waals surface area contributed by atoms with Crippen molar-refractivity contribution in [2.75, 3.05) is 26.1 Å². The van der Waals surface area contributed by atoms with Crippen LogP contribution in [-0.4, -0.2) is 49.1 Å². The predicted molar refractivity (Wildman–Crippen MR) is 79.4 cm³/mol. The summed E-state index contributed by atoms with van der Waals surface area (Å²) in [6.07, 6.45) is 0. The Hall–Kier alpha value is -1.73. The lowest BCUT2D eigenvalue weighted by Gasteiger charge is -2.13. The summed E-state index contributed by atoms with van der Waals surface area (Å²) in [7, 11) is 1.20. The lowest BCUT2D eigenvalue weighted by Crippen LogP contribution is -2.44. The number of benzene rings is 1. The van der Waals surface area contributed by atoms with Gasteiger partial charge in [-0.1, -0.05) is 0 Å². The minimum Gasteiger partial charge on any atom is -0.494 e. The topological polar surface area (TPSA) is 84.9 Å². The molecule has 0 saturated heterocycles. The Balaban J connectivity index is 2.43. The molecule has 2 N–H and O–H groups in total. The SMILES string of the molecule is CCOc1ccc(SCC(=O)NC(CO)C(=O)OC)cc1. The van der Waals surface area contributed by atoms with Crippen LogP contribution in [0, 0.1) is 0 Å². The molecule has 1 atom stereocenters. The molecule has 1 amide bonds. The Bertz CT molecular complexity index is 463. The van der Waals surface area contributed by atoms with Crippen molar-refractivity contribution in [3.05, 3.63) is 24.3 Å². The van der Waals surface area contributed by atoms with E-state index < -0.39 is 18.6 Å². The minimum absolute atomic E-state index is 0.140. The van der Waals surface area contributed by atoms with Crippen molar-refractivity contribution in [2.45, 2.75) is 17.9 Å². The van der Waals surface area contributed by atoms with Gasteiger partial charge >= 0.3 is 5.97 Å². The predicted octanol–water partition coefficient (Wildman–Crippen LogP) is 0.827. The first kappa shape index (κ1) is 17.3. The summed E-state index contributed by atoms with van der Waals surface area (Å²) in [5, 5.41) is 11.4. The molecule has 1 aromatic carbocycles. The van der Waals surface area contributed by atoms with E-state index in [1.54, 1.807) is 0 Å². The molecule has 116 valence electrons. The van der Waals surface area contributed by atoms with Gasteiger partial charge < -0.3 is 19.9 Å². The van der Waals surface area contributed by atoms with Crippen LogP contribution in [0.2, 0.25) is 0 Å². The standard InChI is InChI=1S/C14H19NO5S/c1-3-20-10-4-6-11(7-5-10)21-9-13(17)15-12(8-16)14(18)19-2/h4-7,12,16H,3,8-9H2,1-2H3,(H,15,17). The van der Waals surface area contributed by atoms with Crippen LogP contribution in [0.25, 0.3) is 0 Å². The quantitative estimate of drug-likeness (QED) is 0.546. The number of aliphatic hydroxyl groups excluding tert-OH is 1. The minimum atomic E-state index is -1.02. The van der Waals surface area contributed by atoms with Gasteiger partial charge in [-0.2, -0.15) is 0 Å². The number of esters is 1. The summed E-state index contributed by atoms with van der Waals surface area (Å²) >= 11 is 1.33. The number of carbonyl (C=O) groups excluding carboxylic acids is 2. The molecule has 1 aromatic rings. The van der Waals surface area contributed by atoms with E-state index in [9.17, 15) is 9.59 Å². The highest BCUT2D eigenvalue weighted by atomic mass is 32.2. The van der Waals surface area contributed by atoms with Crippen LogP contribution in [0.15, 0.2) is 29.2 Å². The molecular weight excluding hydrogens is 294 g/mol. The van der Waals surface area contributed by atoms with Crippen LogP contribution in [0.3, 0.4) is 0 Å². The van der Waals surface area contributed by atoms with Gasteiger partial charge in [0.15, 0.2) is 6.04 Å². The van der Waals surface area contributed by atoms with Gasteiger partial charge in [-0.3, -0.25) is 4.79 Å². The number of methoxy groups -OCH3 is 1. The van der Waals surface area contributed by atoms with Crippen molar-refractivity contribution < 1.29 is 24.2 Å². The third-order valence-electron chi connectivity index (χ3n) is 2.51. The van der Waals surface area contributed by atoms with Crippen LogP contribution in [-0.2, 0) is 14.3 Å². The normalized spacial score (nSPS) is 11.6. The molecule has 0 aliphatic rings. The van der Waals surface area contributed by atoms with Crippen molar-refractivity contribution in [3.63, 3.8) is 0 Å². The second-order valence-electron chi connectivity index (χ2n) is 4.02. The van der Waals surface area contributed by atoms with Gasteiger partial charge in [-0.05, 0) is 31.2 Å². The molecular formula is C14H19NO5S. The molecule has 0 aliphatic carbocycles. The van der Waals surface area contributed by atoms with E-state index in [2.05, 4.69) is 10.1 Å². The maximum atomic E-state index is 11.7. The first-order valence-electron chi connectivity index (χ1n) is 6.44. The zero-order chi connectivity index (χ0) is 15.7. The number of carbonyl (C=O) groups is 2. The van der Waals surface area contributed by atoms with Crippen LogP contribution in [0.4, 0.5) is 0 Å². The Morgan fingerprint density at radius 3 is 2.52 bits per heavy atom. The fraction of sp³-hybridized carbons (Fsp3) is 0.429. The van der Waals surface area contributed by atoms with Gasteiger partial charge in [0.2, 0.25) is 5.91 Å². The number of rotatable bonds is 8. The second-order valence-corrected chi connectivity index (χ2v) is 5.07. The zero-order valence-electron chi connectivity index (χ0n) is 12.0. The largest absolute Gasteiger partial charge is 0.494 e. The van der Waals surface area contributed by atoms with E-state index in [0.29, 0.717) is 6.61 Å². The highest BCUT2D eigenvalue weighted by molar-refractivity contribution is 8.00. The Kier molecular flexibility index (Phi) is 7.63. The van der Waals surface area contributed by atoms with E-state index in [1.165, 1.54) is 18.9 Å². The van der Waals surface area contributed by atoms with E-state index in [1.807, 2.05) is 31.2 Å². The molecule has 0 heterocycles. The van der Waals surface area contributed by atoms with Crippen LogP contribution in [0.5, 0.6) is 5.75 Å². The van der Waals surface area contributed by atoms with Crippen LogP contribution in [0.1, 0.15) is 6.92 Å². The van der Waals surface area contributed by atoms with Gasteiger partial charge in [0.05, 0.1) is 26.1 Å². The number of hydrogen-bond donors (Lipinski definition) is 2. The monoisotopic (exact) mass is 313 g/mol. The molecule has 0 saturated carbocycles. The van der Waals surface area contributed by atoms with Crippen molar-refractivity contribution in [1.29, 1.82) is 0 Å². The number of nitrogens with one attached hydrogen (secondary N) is 1. The van der Waals surface area contributed by atoms with E-state index in [0.717, 1.165) is 10.6 Å². The van der Waals surface area contributed by atoms with E-state index in [4.69, 9.17) is 9.84 Å². The fourth-order valence-corrected chi connectivity index (χ4v) is 2.21. The summed E-state index contributed by atoms with van der Waals surface area (Å²) in [6, 6.07) is 6.34. The molecule has 0 radical (unpaired) electrons. The van der Waals surface area contributed by atoms with Gasteiger partial charge in [-0.15, -0.1) is 11.8 Å². The number of hydrogen-bond acceptors (Lipinski definition) is 6. The molecule has 0 spiro atoms. The Morgan fingerprint density at radius 1 is 1.33 bits per heavy atom. The van der Waals surface area contributed by atoms with Crippen molar-refractivity contribution in [1.82, 2.24) is 5.32 Å². The van der Waals surface area contributed by atoms with E-state index in [-0.39, 0.29) is 11.7 Å². The third kappa shape index (κ3) is 6.05. The summed E-state index contributed by atoms with van der Waals surface area (Å²) < 4.78 is 9.79. The molecule has 6 nitrogen and oxygen atoms in total. The molecule has 0 aromatic heterocycles. The summed E-state index contributed by atoms with van der Waals surface area (Å²) in [4.78, 5) is 23.8. The van der Waals surface area contributed by atoms with Crippen LogP contribution < -0.4 is 10.1 Å². The van der Waals surface area contributed by atoms with Crippen LogP contribution >= 0.6 is 11.8 Å². The maximum Gasteiger partial charge on any atom is 0.330 e. The fourth-order valence-electron chi connectivity index (χ4n) is 1.51. The Morgan fingerprint density at radius 2 is 2.00 bits per heavy atom. The first-order valence-corrected chi connectivity index (χ1v) is 7.43. The Labute approximate surface area is 127 Å². The summed E-state index contributed by atoms with van der Waals surface area (Å²) in [5.74, 6) is -0.103. The van der Waals surface area contributed by atoms with Crippen molar-refractivity contribution in [2.24, 2.45) is 0 Å². The zero-order valence-corrected chi connectivity index (χ0v) is 12.8. The average Bonchev–Trinajstić information content (AvgIpc) is 2.51. The maximum absolute atomic E-state index is 11.7. The highest BCUT2D eigenvalue weighted by Gasteiger charge is 2.20. The summed E-state index contributed by atoms with van der Waals surface area (Å²) in [6.45, 7) is 2.02. The molecule has 0 bridgehead atoms. The summed E-state index contributed by atoms with van der Waals surface area (Å²) in [5.41, 5.74) is 0. The molecule has 1 rings (SSSR count). The lowest BCUT2D eigenvalue weighted by atomic mass is 10.3. The smallest absolute Gasteiger partial charge is 0.330 e. The number of thioether (sulfide) groups is 1. The third-order valence-corrected chi connectivity index (χ3v) is 3.52. The van der Waals surface area contributed by atoms with Gasteiger partial charge in [0.25, 0.3) is 0 Å². The molecule has 7 heteroatoms. The van der Waals surface area contributed by atoms with Gasteiger partial charge in [-0.25, -0.2) is 4.79 Å². The molecule has 0 aliphatic heterocycles. The second kappa shape index (κ2) is 9.25. The van der Waals surface area contributed by atoms with Crippen molar-refractivity contribution in [3.8, 4) is 5.75 Å². The first-order chi connectivity index (χ1) is 10.1. The van der Waals surface area contributed by atoms with Gasteiger partial charge in [0.1, 0.15) is 5.75 Å². The molecule has 21 heavy (non-hydrogen) atoms. The molecule has 1 unspecified atom stereocenters.